The minimum absolute atomic E-state index is 0.211. The van der Waals surface area contributed by atoms with Crippen molar-refractivity contribution in [3.8, 4) is 0 Å². The van der Waals surface area contributed by atoms with Gasteiger partial charge in [0.1, 0.15) is 5.78 Å². The van der Waals surface area contributed by atoms with Gasteiger partial charge in [0, 0.05) is 5.92 Å². The van der Waals surface area contributed by atoms with Gasteiger partial charge in [0.25, 0.3) is 0 Å². The molecule has 1 aliphatic rings. The van der Waals surface area contributed by atoms with Crippen LogP contribution in [-0.2, 0) is 4.79 Å². The highest BCUT2D eigenvalue weighted by Crippen LogP contribution is 2.59. The lowest BCUT2D eigenvalue weighted by Crippen LogP contribution is -1.99. The van der Waals surface area contributed by atoms with Gasteiger partial charge in [-0.1, -0.05) is 25.5 Å². The Morgan fingerprint density at radius 1 is 1.25 bits per heavy atom. The summed E-state index contributed by atoms with van der Waals surface area (Å²) in [5.41, 5.74) is 1.53. The molecule has 2 atom stereocenters. The van der Waals surface area contributed by atoms with Gasteiger partial charge in [-0.2, -0.15) is 0 Å². The van der Waals surface area contributed by atoms with E-state index in [4.69, 9.17) is 0 Å². The first-order chi connectivity index (χ1) is 5.37. The first-order valence-corrected chi connectivity index (χ1v) is 4.53. The molecule has 0 aliphatic heterocycles. The van der Waals surface area contributed by atoms with Crippen LogP contribution in [0.1, 0.15) is 34.6 Å². The van der Waals surface area contributed by atoms with Crippen LogP contribution in [0.4, 0.5) is 0 Å². The van der Waals surface area contributed by atoms with E-state index in [-0.39, 0.29) is 11.3 Å². The van der Waals surface area contributed by atoms with Crippen molar-refractivity contribution in [1.82, 2.24) is 0 Å². The normalized spacial score (nSPS) is 31.1. The largest absolute Gasteiger partial charge is 0.300 e. The molecule has 0 saturated heterocycles. The maximum Gasteiger partial charge on any atom is 0.134 e. The van der Waals surface area contributed by atoms with Gasteiger partial charge in [0.2, 0.25) is 0 Å². The minimum atomic E-state index is 0.211. The lowest BCUT2D eigenvalue weighted by Gasteiger charge is -1.97. The van der Waals surface area contributed by atoms with Crippen LogP contribution in [0.15, 0.2) is 11.6 Å². The molecule has 0 aromatic carbocycles. The number of Topliss-reactive ketones (excluding diaryl/α,β-unsaturated/α-hetero) is 1. The monoisotopic (exact) mass is 166 g/mol. The summed E-state index contributed by atoms with van der Waals surface area (Å²) >= 11 is 0. The molecule has 0 radical (unpaired) electrons. The smallest absolute Gasteiger partial charge is 0.134 e. The standard InChI is InChI=1S/C11H18O/c1-7(2)6-9-10(8(3)12)11(9,4)5/h6,9-10H,1-5H3/t9-,10+/m1/s1. The quantitative estimate of drug-likeness (QED) is 0.576. The zero-order valence-electron chi connectivity index (χ0n) is 8.64. The molecule has 0 aromatic heterocycles. The van der Waals surface area contributed by atoms with Crippen molar-refractivity contribution >= 4 is 5.78 Å². The first kappa shape index (κ1) is 9.50. The minimum Gasteiger partial charge on any atom is -0.300 e. The predicted octanol–water partition coefficient (Wildman–Crippen LogP) is 2.81. The van der Waals surface area contributed by atoms with Crippen molar-refractivity contribution in [2.45, 2.75) is 34.6 Å². The average Bonchev–Trinajstić information content (AvgIpc) is 2.32. The van der Waals surface area contributed by atoms with E-state index in [1.165, 1.54) is 5.57 Å². The Balaban J connectivity index is 2.73. The molecular weight excluding hydrogens is 148 g/mol. The molecule has 68 valence electrons. The summed E-state index contributed by atoms with van der Waals surface area (Å²) in [5, 5.41) is 0. The molecule has 0 heterocycles. The SMILES string of the molecule is CC(=O)[C@H]1[C@@H](C=C(C)C)C1(C)C. The van der Waals surface area contributed by atoms with Crippen molar-refractivity contribution in [1.29, 1.82) is 0 Å². The summed E-state index contributed by atoms with van der Waals surface area (Å²) in [7, 11) is 0. The number of hydrogen-bond donors (Lipinski definition) is 0. The van der Waals surface area contributed by atoms with E-state index < -0.39 is 0 Å². The second-order valence-corrected chi connectivity index (χ2v) is 4.68. The Kier molecular flexibility index (Phi) is 2.15. The van der Waals surface area contributed by atoms with Gasteiger partial charge in [0.05, 0.1) is 0 Å². The molecule has 1 saturated carbocycles. The van der Waals surface area contributed by atoms with Crippen molar-refractivity contribution in [3.05, 3.63) is 11.6 Å². The molecule has 12 heavy (non-hydrogen) atoms. The Labute approximate surface area is 74.9 Å². The number of ketones is 1. The maximum atomic E-state index is 11.2. The highest BCUT2D eigenvalue weighted by atomic mass is 16.1. The molecule has 0 amide bonds. The summed E-state index contributed by atoms with van der Waals surface area (Å²) in [5.74, 6) is 1.09. The molecule has 0 spiro atoms. The van der Waals surface area contributed by atoms with Gasteiger partial charge in [-0.3, -0.25) is 4.79 Å². The Morgan fingerprint density at radius 2 is 1.75 bits per heavy atom. The third-order valence-corrected chi connectivity index (χ3v) is 2.86. The van der Waals surface area contributed by atoms with E-state index in [1.54, 1.807) is 6.92 Å². The summed E-state index contributed by atoms with van der Waals surface area (Å²) in [4.78, 5) is 11.2. The van der Waals surface area contributed by atoms with E-state index in [2.05, 4.69) is 33.8 Å². The first-order valence-electron chi connectivity index (χ1n) is 4.53. The van der Waals surface area contributed by atoms with Crippen LogP contribution in [0.2, 0.25) is 0 Å². The van der Waals surface area contributed by atoms with E-state index in [1.807, 2.05) is 0 Å². The summed E-state index contributed by atoms with van der Waals surface area (Å²) in [6, 6.07) is 0. The van der Waals surface area contributed by atoms with Gasteiger partial charge >= 0.3 is 0 Å². The lowest BCUT2D eigenvalue weighted by molar-refractivity contribution is -0.118. The van der Waals surface area contributed by atoms with E-state index in [0.29, 0.717) is 11.7 Å². The topological polar surface area (TPSA) is 17.1 Å². The fourth-order valence-electron chi connectivity index (χ4n) is 2.12. The zero-order chi connectivity index (χ0) is 9.52. The van der Waals surface area contributed by atoms with Gasteiger partial charge in [-0.05, 0) is 32.1 Å². The van der Waals surface area contributed by atoms with Gasteiger partial charge in [-0.15, -0.1) is 0 Å². The summed E-state index contributed by atoms with van der Waals surface area (Å²) in [6.07, 6.45) is 2.23. The van der Waals surface area contributed by atoms with Crippen molar-refractivity contribution in [2.24, 2.45) is 17.3 Å². The fourth-order valence-corrected chi connectivity index (χ4v) is 2.12. The zero-order valence-corrected chi connectivity index (χ0v) is 8.64. The molecule has 1 heteroatoms. The number of hydrogen-bond acceptors (Lipinski definition) is 1. The average molecular weight is 166 g/mol. The Bertz CT molecular complexity index is 231. The fraction of sp³-hybridized carbons (Fsp3) is 0.727. The molecular formula is C11H18O. The highest BCUT2D eigenvalue weighted by Gasteiger charge is 2.58. The van der Waals surface area contributed by atoms with Crippen LogP contribution < -0.4 is 0 Å². The van der Waals surface area contributed by atoms with Crippen molar-refractivity contribution in [2.75, 3.05) is 0 Å². The van der Waals surface area contributed by atoms with E-state index in [0.717, 1.165) is 0 Å². The number of carbonyl (C=O) groups excluding carboxylic acids is 1. The number of allylic oxidation sites excluding steroid dienone is 2. The highest BCUT2D eigenvalue weighted by molar-refractivity contribution is 5.83. The number of rotatable bonds is 2. The second-order valence-electron chi connectivity index (χ2n) is 4.68. The van der Waals surface area contributed by atoms with E-state index >= 15 is 0 Å². The predicted molar refractivity (Wildman–Crippen MR) is 50.9 cm³/mol. The lowest BCUT2D eigenvalue weighted by atomic mass is 10.1. The molecule has 1 fully saturated rings. The summed E-state index contributed by atoms with van der Waals surface area (Å²) < 4.78 is 0. The van der Waals surface area contributed by atoms with Crippen LogP contribution >= 0.6 is 0 Å². The van der Waals surface area contributed by atoms with Gasteiger partial charge in [0.15, 0.2) is 0 Å². The molecule has 0 unspecified atom stereocenters. The van der Waals surface area contributed by atoms with Crippen LogP contribution in [0.5, 0.6) is 0 Å². The van der Waals surface area contributed by atoms with Crippen LogP contribution in [0.25, 0.3) is 0 Å². The van der Waals surface area contributed by atoms with Crippen LogP contribution in [0, 0.1) is 17.3 Å². The number of carbonyl (C=O) groups is 1. The Morgan fingerprint density at radius 3 is 2.00 bits per heavy atom. The molecule has 0 bridgehead atoms. The molecule has 0 aromatic rings. The third kappa shape index (κ3) is 1.45. The van der Waals surface area contributed by atoms with Crippen LogP contribution in [0.3, 0.4) is 0 Å². The summed E-state index contributed by atoms with van der Waals surface area (Å²) in [6.45, 7) is 10.2. The second kappa shape index (κ2) is 2.72. The molecule has 1 nitrogen and oxygen atoms in total. The molecule has 1 aliphatic carbocycles. The van der Waals surface area contributed by atoms with Crippen LogP contribution in [-0.4, -0.2) is 5.78 Å². The van der Waals surface area contributed by atoms with Crippen molar-refractivity contribution < 1.29 is 4.79 Å². The third-order valence-electron chi connectivity index (χ3n) is 2.86. The van der Waals surface area contributed by atoms with Crippen molar-refractivity contribution in [3.63, 3.8) is 0 Å². The van der Waals surface area contributed by atoms with E-state index in [9.17, 15) is 4.79 Å². The maximum absolute atomic E-state index is 11.2. The van der Waals surface area contributed by atoms with Gasteiger partial charge < -0.3 is 0 Å². The molecule has 1 rings (SSSR count). The molecule has 0 N–H and O–H groups in total. The Hall–Kier alpha value is -0.590. The van der Waals surface area contributed by atoms with Gasteiger partial charge in [-0.25, -0.2) is 0 Å².